The summed E-state index contributed by atoms with van der Waals surface area (Å²) in [5, 5.41) is 8.97. The second kappa shape index (κ2) is 13.0. The number of hydrogen-bond donors (Lipinski definition) is 1. The maximum Gasteiger partial charge on any atom is 0.304 e. The van der Waals surface area contributed by atoms with Gasteiger partial charge in [0.05, 0.1) is 19.6 Å². The summed E-state index contributed by atoms with van der Waals surface area (Å²) in [5.74, 6) is 1.48. The number of rotatable bonds is 12. The van der Waals surface area contributed by atoms with Gasteiger partial charge in [-0.1, -0.05) is 54.6 Å². The summed E-state index contributed by atoms with van der Waals surface area (Å²) in [6.07, 6.45) is 4.13. The van der Waals surface area contributed by atoms with E-state index in [4.69, 9.17) is 14.6 Å². The summed E-state index contributed by atoms with van der Waals surface area (Å²) >= 11 is 0. The van der Waals surface area contributed by atoms with Gasteiger partial charge < -0.3 is 19.5 Å². The Balaban J connectivity index is 1.24. The van der Waals surface area contributed by atoms with Gasteiger partial charge in [0.1, 0.15) is 11.5 Å². The fraction of sp³-hybridized carbons (Fsp3) is 0.367. The first-order chi connectivity index (χ1) is 17.2. The molecular weight excluding hydrogens is 438 g/mol. The molecule has 1 saturated heterocycles. The molecule has 184 valence electrons. The van der Waals surface area contributed by atoms with Crippen molar-refractivity contribution in [2.24, 2.45) is 0 Å². The predicted molar refractivity (Wildman–Crippen MR) is 138 cm³/mol. The quantitative estimate of drug-likeness (QED) is 0.372. The van der Waals surface area contributed by atoms with Gasteiger partial charge in [-0.2, -0.15) is 0 Å². The summed E-state index contributed by atoms with van der Waals surface area (Å²) in [4.78, 5) is 13.2. The first-order valence-electron chi connectivity index (χ1n) is 12.6. The molecule has 1 atom stereocenters. The van der Waals surface area contributed by atoms with E-state index in [0.29, 0.717) is 25.7 Å². The molecule has 0 amide bonds. The highest BCUT2D eigenvalue weighted by molar-refractivity contribution is 5.66. The minimum absolute atomic E-state index is 0.204. The molecule has 5 heteroatoms. The van der Waals surface area contributed by atoms with Crippen molar-refractivity contribution < 1.29 is 19.4 Å². The number of ether oxygens (including phenoxy) is 2. The van der Waals surface area contributed by atoms with Crippen molar-refractivity contribution in [3.8, 4) is 11.5 Å². The van der Waals surface area contributed by atoms with Crippen molar-refractivity contribution >= 4 is 5.97 Å². The molecule has 0 spiro atoms. The fourth-order valence-corrected chi connectivity index (χ4v) is 4.65. The smallest absolute Gasteiger partial charge is 0.304 e. The van der Waals surface area contributed by atoms with Crippen molar-refractivity contribution in [3.05, 3.63) is 95.6 Å². The molecule has 3 aromatic carbocycles. The molecule has 1 aliphatic heterocycles. The number of aliphatic carboxylic acids is 1. The Labute approximate surface area is 208 Å². The highest BCUT2D eigenvalue weighted by atomic mass is 16.5. The van der Waals surface area contributed by atoms with E-state index in [1.165, 1.54) is 16.7 Å². The molecule has 0 bridgehead atoms. The second-order valence-electron chi connectivity index (χ2n) is 9.19. The lowest BCUT2D eigenvalue weighted by Crippen LogP contribution is -2.35. The molecule has 4 rings (SSSR count). The number of benzene rings is 3. The van der Waals surface area contributed by atoms with Crippen molar-refractivity contribution in [3.63, 3.8) is 0 Å². The van der Waals surface area contributed by atoms with Crippen molar-refractivity contribution in [1.29, 1.82) is 0 Å². The van der Waals surface area contributed by atoms with Crippen LogP contribution in [-0.2, 0) is 17.6 Å². The molecule has 0 radical (unpaired) electrons. The molecule has 1 aliphatic rings. The summed E-state index contributed by atoms with van der Waals surface area (Å²) in [7, 11) is 0. The topological polar surface area (TPSA) is 59.0 Å². The molecule has 0 aliphatic carbocycles. The van der Waals surface area contributed by atoms with Crippen molar-refractivity contribution in [2.75, 3.05) is 32.8 Å². The van der Waals surface area contributed by atoms with Gasteiger partial charge in [0, 0.05) is 25.9 Å². The molecule has 1 N–H and O–H groups in total. The minimum atomic E-state index is -0.730. The monoisotopic (exact) mass is 473 g/mol. The first kappa shape index (κ1) is 24.8. The molecule has 35 heavy (non-hydrogen) atoms. The van der Waals surface area contributed by atoms with Crippen molar-refractivity contribution in [1.82, 2.24) is 4.90 Å². The molecule has 1 fully saturated rings. The van der Waals surface area contributed by atoms with Gasteiger partial charge in [-0.05, 0) is 66.3 Å². The van der Waals surface area contributed by atoms with Crippen LogP contribution in [0.3, 0.4) is 0 Å². The van der Waals surface area contributed by atoms with E-state index in [2.05, 4.69) is 59.5 Å². The fourth-order valence-electron chi connectivity index (χ4n) is 4.65. The van der Waals surface area contributed by atoms with Crippen molar-refractivity contribution in [2.45, 2.75) is 38.0 Å². The zero-order valence-corrected chi connectivity index (χ0v) is 20.3. The minimum Gasteiger partial charge on any atom is -0.493 e. The summed E-state index contributed by atoms with van der Waals surface area (Å²) in [5.41, 5.74) is 3.75. The van der Waals surface area contributed by atoms with Crippen LogP contribution in [0, 0.1) is 0 Å². The van der Waals surface area contributed by atoms with Crippen LogP contribution >= 0.6 is 0 Å². The van der Waals surface area contributed by atoms with Gasteiger partial charge in [0.25, 0.3) is 0 Å². The SMILES string of the molecule is O=C(O)CCN1CCCC(c2cccc(OCCc3cccc(OCCc4ccccc4)c3)c2)C1. The molecule has 1 heterocycles. The average molecular weight is 474 g/mol. The normalized spacial score (nSPS) is 16.1. The zero-order valence-electron chi connectivity index (χ0n) is 20.3. The van der Waals surface area contributed by atoms with Gasteiger partial charge in [-0.15, -0.1) is 0 Å². The standard InChI is InChI=1S/C30H35NO4/c32-30(33)14-18-31-17-6-11-27(23-31)26-10-5-13-29(22-26)35-20-16-25-9-4-12-28(21-25)34-19-15-24-7-2-1-3-8-24/h1-5,7-10,12-13,21-22,27H,6,11,14-20,23H2,(H,32,33). The third kappa shape index (κ3) is 8.15. The lowest BCUT2D eigenvalue weighted by Gasteiger charge is -2.32. The predicted octanol–water partition coefficient (Wildman–Crippen LogP) is 5.58. The average Bonchev–Trinajstić information content (AvgIpc) is 2.89. The van der Waals surface area contributed by atoms with Crippen LogP contribution in [0.4, 0.5) is 0 Å². The number of carbonyl (C=O) groups is 1. The van der Waals surface area contributed by atoms with Crippen LogP contribution in [0.2, 0.25) is 0 Å². The Morgan fingerprint density at radius 2 is 1.54 bits per heavy atom. The van der Waals surface area contributed by atoms with E-state index in [1.807, 2.05) is 24.3 Å². The Bertz CT molecular complexity index is 1070. The number of likely N-dealkylation sites (tertiary alicyclic amines) is 1. The van der Waals surface area contributed by atoms with E-state index < -0.39 is 5.97 Å². The largest absolute Gasteiger partial charge is 0.493 e. The van der Waals surface area contributed by atoms with Gasteiger partial charge in [0.2, 0.25) is 0 Å². The number of carboxylic acid groups (broad SMARTS) is 1. The molecule has 1 unspecified atom stereocenters. The Kier molecular flexibility index (Phi) is 9.18. The third-order valence-electron chi connectivity index (χ3n) is 6.54. The summed E-state index contributed by atoms with van der Waals surface area (Å²) in [6.45, 7) is 3.78. The van der Waals surface area contributed by atoms with Gasteiger partial charge in [0.15, 0.2) is 0 Å². The van der Waals surface area contributed by atoms with E-state index in [-0.39, 0.29) is 6.42 Å². The van der Waals surface area contributed by atoms with Gasteiger partial charge in [-0.3, -0.25) is 4.79 Å². The lowest BCUT2D eigenvalue weighted by molar-refractivity contribution is -0.137. The van der Waals surface area contributed by atoms with Crippen LogP contribution in [-0.4, -0.2) is 48.8 Å². The zero-order chi connectivity index (χ0) is 24.3. The molecule has 0 aromatic heterocycles. The maximum absolute atomic E-state index is 10.9. The Morgan fingerprint density at radius 3 is 2.31 bits per heavy atom. The third-order valence-corrected chi connectivity index (χ3v) is 6.54. The Hall–Kier alpha value is -3.31. The highest BCUT2D eigenvalue weighted by Crippen LogP contribution is 2.29. The summed E-state index contributed by atoms with van der Waals surface area (Å²) < 4.78 is 12.1. The highest BCUT2D eigenvalue weighted by Gasteiger charge is 2.22. The van der Waals surface area contributed by atoms with E-state index >= 15 is 0 Å². The van der Waals surface area contributed by atoms with E-state index in [0.717, 1.165) is 50.3 Å². The number of carboxylic acids is 1. The lowest BCUT2D eigenvalue weighted by atomic mass is 9.90. The van der Waals surface area contributed by atoms with Crippen LogP contribution in [0.5, 0.6) is 11.5 Å². The summed E-state index contributed by atoms with van der Waals surface area (Å²) in [6, 6.07) is 27.0. The first-order valence-corrected chi connectivity index (χ1v) is 12.6. The Morgan fingerprint density at radius 1 is 0.857 bits per heavy atom. The maximum atomic E-state index is 10.9. The van der Waals surface area contributed by atoms with Gasteiger partial charge in [-0.25, -0.2) is 0 Å². The van der Waals surface area contributed by atoms with Crippen LogP contribution in [0.15, 0.2) is 78.9 Å². The van der Waals surface area contributed by atoms with E-state index in [9.17, 15) is 4.79 Å². The van der Waals surface area contributed by atoms with Crippen LogP contribution < -0.4 is 9.47 Å². The molecule has 5 nitrogen and oxygen atoms in total. The van der Waals surface area contributed by atoms with E-state index in [1.54, 1.807) is 0 Å². The number of piperidine rings is 1. The number of hydrogen-bond acceptors (Lipinski definition) is 4. The van der Waals surface area contributed by atoms with Crippen LogP contribution in [0.25, 0.3) is 0 Å². The molecule has 3 aromatic rings. The molecule has 0 saturated carbocycles. The number of nitrogens with zero attached hydrogens (tertiary/aromatic N) is 1. The molecular formula is C30H35NO4. The second-order valence-corrected chi connectivity index (χ2v) is 9.19. The van der Waals surface area contributed by atoms with Crippen LogP contribution in [0.1, 0.15) is 41.9 Å². The van der Waals surface area contributed by atoms with Gasteiger partial charge >= 0.3 is 5.97 Å².